The summed E-state index contributed by atoms with van der Waals surface area (Å²) in [7, 11) is 0. The minimum Gasteiger partial charge on any atom is -0.364 e. The molecule has 5 rings (SSSR count). The Balaban J connectivity index is 1.41. The van der Waals surface area contributed by atoms with Gasteiger partial charge in [-0.25, -0.2) is 15.0 Å². The highest BCUT2D eigenvalue weighted by molar-refractivity contribution is 6.30. The number of benzene rings is 1. The quantitative estimate of drug-likeness (QED) is 0.457. The molecule has 1 saturated heterocycles. The molecular formula is C22H22ClN7. The molecule has 1 aliphatic heterocycles. The zero-order valence-electron chi connectivity index (χ0n) is 16.4. The molecule has 1 aromatic carbocycles. The van der Waals surface area contributed by atoms with Crippen LogP contribution in [0.5, 0.6) is 0 Å². The molecule has 3 aromatic heterocycles. The highest BCUT2D eigenvalue weighted by Gasteiger charge is 2.14. The zero-order chi connectivity index (χ0) is 20.3. The highest BCUT2D eigenvalue weighted by Crippen LogP contribution is 2.32. The van der Waals surface area contributed by atoms with Crippen LogP contribution in [-0.4, -0.2) is 46.1 Å². The number of halogens is 1. The van der Waals surface area contributed by atoms with E-state index in [1.54, 1.807) is 6.33 Å². The van der Waals surface area contributed by atoms with Crippen LogP contribution >= 0.6 is 11.6 Å². The average molecular weight is 420 g/mol. The van der Waals surface area contributed by atoms with E-state index in [1.807, 2.05) is 36.5 Å². The predicted molar refractivity (Wildman–Crippen MR) is 121 cm³/mol. The minimum absolute atomic E-state index is 0.581. The standard InChI is InChI=1S/C22H22ClN7/c23-16-6-4-15(5-7-16)18-13-26-22-20(18)21(27-14-28-22)25-12-17-2-1-3-19(29-17)30-10-8-24-9-11-30/h1-7,13-14,24H,8-12H2,(H2,25,26,27,28). The summed E-state index contributed by atoms with van der Waals surface area (Å²) in [5, 5.41) is 8.50. The zero-order valence-corrected chi connectivity index (χ0v) is 17.2. The van der Waals surface area contributed by atoms with Crippen LogP contribution in [0.1, 0.15) is 5.69 Å². The molecule has 0 radical (unpaired) electrons. The van der Waals surface area contributed by atoms with Crippen molar-refractivity contribution >= 4 is 34.3 Å². The number of hydrogen-bond donors (Lipinski definition) is 3. The summed E-state index contributed by atoms with van der Waals surface area (Å²) in [6.45, 7) is 4.51. The number of pyridine rings is 1. The average Bonchev–Trinajstić information content (AvgIpc) is 3.24. The van der Waals surface area contributed by atoms with Crippen LogP contribution in [-0.2, 0) is 6.54 Å². The summed E-state index contributed by atoms with van der Waals surface area (Å²) in [4.78, 5) is 19.3. The van der Waals surface area contributed by atoms with Gasteiger partial charge in [-0.05, 0) is 29.8 Å². The lowest BCUT2D eigenvalue weighted by Gasteiger charge is -2.28. The van der Waals surface area contributed by atoms with Crippen LogP contribution < -0.4 is 15.5 Å². The number of H-pyrrole nitrogens is 1. The van der Waals surface area contributed by atoms with E-state index in [1.165, 1.54) is 0 Å². The number of nitrogens with one attached hydrogen (secondary N) is 3. The molecule has 0 saturated carbocycles. The molecule has 30 heavy (non-hydrogen) atoms. The van der Waals surface area contributed by atoms with Crippen LogP contribution in [0.2, 0.25) is 5.02 Å². The fourth-order valence-electron chi connectivity index (χ4n) is 3.76. The molecule has 0 spiro atoms. The molecule has 1 fully saturated rings. The first-order valence-corrected chi connectivity index (χ1v) is 10.4. The van der Waals surface area contributed by atoms with Gasteiger partial charge in [0.05, 0.1) is 17.6 Å². The Labute approximate surface area is 179 Å². The summed E-state index contributed by atoms with van der Waals surface area (Å²) >= 11 is 6.05. The number of hydrogen-bond acceptors (Lipinski definition) is 6. The van der Waals surface area contributed by atoms with Gasteiger partial charge in [0.1, 0.15) is 23.6 Å². The van der Waals surface area contributed by atoms with Crippen molar-refractivity contribution in [3.63, 3.8) is 0 Å². The van der Waals surface area contributed by atoms with Crippen molar-refractivity contribution in [1.82, 2.24) is 25.3 Å². The molecule has 7 nitrogen and oxygen atoms in total. The van der Waals surface area contributed by atoms with Gasteiger partial charge in [0, 0.05) is 43.0 Å². The first kappa shape index (κ1) is 18.8. The molecule has 4 aromatic rings. The summed E-state index contributed by atoms with van der Waals surface area (Å²) in [6, 6.07) is 13.9. The van der Waals surface area contributed by atoms with Crippen LogP contribution in [0, 0.1) is 0 Å². The molecule has 3 N–H and O–H groups in total. The molecule has 8 heteroatoms. The fourth-order valence-corrected chi connectivity index (χ4v) is 3.89. The number of aromatic nitrogens is 4. The smallest absolute Gasteiger partial charge is 0.143 e. The molecule has 0 bridgehead atoms. The van der Waals surface area contributed by atoms with Gasteiger partial charge in [0.25, 0.3) is 0 Å². The second-order valence-corrected chi connectivity index (χ2v) is 7.67. The van der Waals surface area contributed by atoms with E-state index in [-0.39, 0.29) is 0 Å². The summed E-state index contributed by atoms with van der Waals surface area (Å²) in [5.74, 6) is 1.80. The third kappa shape index (κ3) is 3.81. The molecule has 0 aliphatic carbocycles. The largest absolute Gasteiger partial charge is 0.364 e. The van der Waals surface area contributed by atoms with Gasteiger partial charge in [0.15, 0.2) is 0 Å². The van der Waals surface area contributed by atoms with Crippen molar-refractivity contribution in [2.45, 2.75) is 6.54 Å². The molecule has 0 amide bonds. The first-order valence-electron chi connectivity index (χ1n) is 10.0. The Morgan fingerprint density at radius 2 is 1.87 bits per heavy atom. The van der Waals surface area contributed by atoms with E-state index in [0.29, 0.717) is 11.6 Å². The maximum absolute atomic E-state index is 6.05. The summed E-state index contributed by atoms with van der Waals surface area (Å²) < 4.78 is 0. The summed E-state index contributed by atoms with van der Waals surface area (Å²) in [5.41, 5.74) is 3.86. The lowest BCUT2D eigenvalue weighted by molar-refractivity contribution is 0.584. The Morgan fingerprint density at radius 3 is 2.70 bits per heavy atom. The summed E-state index contributed by atoms with van der Waals surface area (Å²) in [6.07, 6.45) is 3.52. The lowest BCUT2D eigenvalue weighted by atomic mass is 10.1. The first-order chi connectivity index (χ1) is 14.8. The number of piperazine rings is 1. The van der Waals surface area contributed by atoms with Crippen molar-refractivity contribution in [2.75, 3.05) is 36.4 Å². The predicted octanol–water partition coefficient (Wildman–Crippen LogP) is 3.70. The van der Waals surface area contributed by atoms with E-state index >= 15 is 0 Å². The minimum atomic E-state index is 0.581. The van der Waals surface area contributed by atoms with E-state index in [9.17, 15) is 0 Å². The Bertz CT molecular complexity index is 1150. The highest BCUT2D eigenvalue weighted by atomic mass is 35.5. The van der Waals surface area contributed by atoms with E-state index < -0.39 is 0 Å². The molecule has 4 heterocycles. The van der Waals surface area contributed by atoms with Gasteiger partial charge in [0.2, 0.25) is 0 Å². The second-order valence-electron chi connectivity index (χ2n) is 7.23. The number of nitrogens with zero attached hydrogens (tertiary/aromatic N) is 4. The van der Waals surface area contributed by atoms with E-state index in [0.717, 1.165) is 65.7 Å². The monoisotopic (exact) mass is 419 g/mol. The third-order valence-electron chi connectivity index (χ3n) is 5.30. The van der Waals surface area contributed by atoms with Gasteiger partial charge in [-0.15, -0.1) is 0 Å². The Morgan fingerprint density at radius 1 is 1.03 bits per heavy atom. The Hall–Kier alpha value is -3.16. The van der Waals surface area contributed by atoms with Crippen molar-refractivity contribution in [2.24, 2.45) is 0 Å². The van der Waals surface area contributed by atoms with Gasteiger partial charge in [-0.1, -0.05) is 29.8 Å². The van der Waals surface area contributed by atoms with Crippen molar-refractivity contribution in [3.8, 4) is 11.1 Å². The molecule has 0 unspecified atom stereocenters. The van der Waals surface area contributed by atoms with Gasteiger partial charge >= 0.3 is 0 Å². The van der Waals surface area contributed by atoms with Crippen LogP contribution in [0.25, 0.3) is 22.2 Å². The number of anilines is 2. The van der Waals surface area contributed by atoms with E-state index in [4.69, 9.17) is 16.6 Å². The van der Waals surface area contributed by atoms with Crippen LogP contribution in [0.15, 0.2) is 55.0 Å². The van der Waals surface area contributed by atoms with Gasteiger partial charge in [-0.2, -0.15) is 0 Å². The van der Waals surface area contributed by atoms with Gasteiger partial charge in [-0.3, -0.25) is 0 Å². The number of rotatable bonds is 5. The topological polar surface area (TPSA) is 81.8 Å². The SMILES string of the molecule is Clc1ccc(-c2c[nH]c3ncnc(NCc4cccc(N5CCNCC5)n4)c23)cc1. The fraction of sp³-hybridized carbons (Fsp3) is 0.227. The lowest BCUT2D eigenvalue weighted by Crippen LogP contribution is -2.43. The molecular weight excluding hydrogens is 398 g/mol. The van der Waals surface area contributed by atoms with Crippen molar-refractivity contribution in [3.05, 3.63) is 65.7 Å². The number of fused-ring (bicyclic) bond motifs is 1. The molecule has 1 aliphatic rings. The van der Waals surface area contributed by atoms with Crippen molar-refractivity contribution < 1.29 is 0 Å². The van der Waals surface area contributed by atoms with Crippen LogP contribution in [0.4, 0.5) is 11.6 Å². The molecule has 0 atom stereocenters. The maximum atomic E-state index is 6.05. The van der Waals surface area contributed by atoms with Crippen LogP contribution in [0.3, 0.4) is 0 Å². The van der Waals surface area contributed by atoms with E-state index in [2.05, 4.69) is 42.6 Å². The maximum Gasteiger partial charge on any atom is 0.143 e. The number of aromatic amines is 1. The molecule has 152 valence electrons. The third-order valence-corrected chi connectivity index (χ3v) is 5.55. The normalized spacial score (nSPS) is 14.2. The van der Waals surface area contributed by atoms with Crippen molar-refractivity contribution in [1.29, 1.82) is 0 Å². The second kappa shape index (κ2) is 8.30. The van der Waals surface area contributed by atoms with Gasteiger partial charge < -0.3 is 20.5 Å². The Kier molecular flexibility index (Phi) is 5.21.